The molecule has 1 saturated heterocycles. The van der Waals surface area contributed by atoms with Gasteiger partial charge in [-0.15, -0.1) is 11.8 Å². The maximum atomic E-state index is 13.0. The summed E-state index contributed by atoms with van der Waals surface area (Å²) in [6, 6.07) is 17.0. The molecule has 154 valence electrons. The number of thioether (sulfide) groups is 1. The van der Waals surface area contributed by atoms with Crippen molar-refractivity contribution in [1.29, 1.82) is 0 Å². The van der Waals surface area contributed by atoms with Crippen molar-refractivity contribution in [2.45, 2.75) is 24.0 Å². The van der Waals surface area contributed by atoms with Crippen molar-refractivity contribution in [3.05, 3.63) is 71.1 Å². The van der Waals surface area contributed by atoms with Crippen LogP contribution in [0.2, 0.25) is 0 Å². The highest BCUT2D eigenvalue weighted by Crippen LogP contribution is 2.27. The first-order chi connectivity index (χ1) is 13.9. The van der Waals surface area contributed by atoms with Crippen LogP contribution in [0.1, 0.15) is 29.8 Å². The van der Waals surface area contributed by atoms with E-state index in [1.165, 1.54) is 9.71 Å². The summed E-state index contributed by atoms with van der Waals surface area (Å²) >= 11 is 1.66. The molecule has 0 aromatic heterocycles. The van der Waals surface area contributed by atoms with E-state index < -0.39 is 10.0 Å². The molecule has 0 aliphatic carbocycles. The molecule has 5 nitrogen and oxygen atoms in total. The standard InChI is InChI=1S/C22H26N2O3S2/c1-18(2)28-21-11-7-6-10-20(21)22(25)23-13-15-24(16-14-23)29(26,27)17-12-19-8-4-3-5-9-19/h3-12,17-18H,13-16H2,1-2H3/b17-12+. The Kier molecular flexibility index (Phi) is 7.16. The molecule has 29 heavy (non-hydrogen) atoms. The van der Waals surface area contributed by atoms with Gasteiger partial charge in [0.1, 0.15) is 0 Å². The number of sulfonamides is 1. The molecule has 0 spiro atoms. The molecule has 2 aromatic carbocycles. The van der Waals surface area contributed by atoms with Gasteiger partial charge in [0.05, 0.1) is 5.56 Å². The lowest BCUT2D eigenvalue weighted by Crippen LogP contribution is -2.50. The third-order valence-corrected chi connectivity index (χ3v) is 7.24. The number of hydrogen-bond donors (Lipinski definition) is 0. The van der Waals surface area contributed by atoms with E-state index in [2.05, 4.69) is 13.8 Å². The molecule has 0 bridgehead atoms. The fourth-order valence-electron chi connectivity index (χ4n) is 3.13. The normalized spacial score (nSPS) is 15.9. The van der Waals surface area contributed by atoms with Gasteiger partial charge in [0.25, 0.3) is 5.91 Å². The SMILES string of the molecule is CC(C)Sc1ccccc1C(=O)N1CCN(S(=O)(=O)/C=C/c2ccccc2)CC1. The monoisotopic (exact) mass is 430 g/mol. The number of carbonyl (C=O) groups is 1. The Labute approximate surface area is 177 Å². The van der Waals surface area contributed by atoms with Gasteiger partial charge in [0.15, 0.2) is 0 Å². The summed E-state index contributed by atoms with van der Waals surface area (Å²) in [5, 5.41) is 1.62. The second-order valence-electron chi connectivity index (χ2n) is 7.11. The number of carbonyl (C=O) groups excluding carboxylic acids is 1. The van der Waals surface area contributed by atoms with Crippen LogP contribution in [-0.2, 0) is 10.0 Å². The van der Waals surface area contributed by atoms with E-state index in [0.29, 0.717) is 37.0 Å². The summed E-state index contributed by atoms with van der Waals surface area (Å²) in [6.07, 6.45) is 1.60. The number of piperazine rings is 1. The van der Waals surface area contributed by atoms with Crippen molar-refractivity contribution in [1.82, 2.24) is 9.21 Å². The molecule has 0 atom stereocenters. The van der Waals surface area contributed by atoms with Crippen molar-refractivity contribution >= 4 is 33.8 Å². The van der Waals surface area contributed by atoms with Gasteiger partial charge >= 0.3 is 0 Å². The van der Waals surface area contributed by atoms with E-state index >= 15 is 0 Å². The summed E-state index contributed by atoms with van der Waals surface area (Å²) in [5.74, 6) is -0.0365. The minimum Gasteiger partial charge on any atom is -0.336 e. The predicted octanol–water partition coefficient (Wildman–Crippen LogP) is 3.95. The summed E-state index contributed by atoms with van der Waals surface area (Å²) in [5.41, 5.74) is 1.52. The molecule has 1 aliphatic heterocycles. The maximum absolute atomic E-state index is 13.0. The maximum Gasteiger partial charge on any atom is 0.255 e. The van der Waals surface area contributed by atoms with Gasteiger partial charge in [0.2, 0.25) is 10.0 Å². The largest absolute Gasteiger partial charge is 0.336 e. The number of nitrogens with zero attached hydrogens (tertiary/aromatic N) is 2. The van der Waals surface area contributed by atoms with Crippen molar-refractivity contribution in [3.63, 3.8) is 0 Å². The molecule has 7 heteroatoms. The average Bonchev–Trinajstić information content (AvgIpc) is 2.73. The molecule has 0 saturated carbocycles. The fourth-order valence-corrected chi connectivity index (χ4v) is 5.25. The molecule has 1 heterocycles. The zero-order valence-electron chi connectivity index (χ0n) is 16.7. The smallest absolute Gasteiger partial charge is 0.255 e. The molecule has 1 aliphatic rings. The van der Waals surface area contributed by atoms with Crippen LogP contribution in [0.4, 0.5) is 0 Å². The topological polar surface area (TPSA) is 57.7 Å². The summed E-state index contributed by atoms with van der Waals surface area (Å²) in [7, 11) is -3.51. The van der Waals surface area contributed by atoms with Crippen molar-refractivity contribution in [3.8, 4) is 0 Å². The fraction of sp³-hybridized carbons (Fsp3) is 0.318. The highest BCUT2D eigenvalue weighted by atomic mass is 32.2. The van der Waals surface area contributed by atoms with E-state index in [4.69, 9.17) is 0 Å². The zero-order chi connectivity index (χ0) is 20.9. The van der Waals surface area contributed by atoms with Gasteiger partial charge in [-0.2, -0.15) is 4.31 Å². The van der Waals surface area contributed by atoms with Crippen LogP contribution in [0.15, 0.2) is 64.9 Å². The Balaban J connectivity index is 1.64. The van der Waals surface area contributed by atoms with E-state index in [1.54, 1.807) is 22.7 Å². The van der Waals surface area contributed by atoms with Gasteiger partial charge < -0.3 is 4.90 Å². The molecular weight excluding hydrogens is 404 g/mol. The van der Waals surface area contributed by atoms with Gasteiger partial charge in [-0.1, -0.05) is 56.3 Å². The van der Waals surface area contributed by atoms with E-state index in [1.807, 2.05) is 54.6 Å². The minimum absolute atomic E-state index is 0.0365. The van der Waals surface area contributed by atoms with Gasteiger partial charge in [-0.25, -0.2) is 8.42 Å². The zero-order valence-corrected chi connectivity index (χ0v) is 18.3. The molecule has 2 aromatic rings. The van der Waals surface area contributed by atoms with E-state index in [9.17, 15) is 13.2 Å². The lowest BCUT2D eigenvalue weighted by molar-refractivity contribution is 0.0695. The van der Waals surface area contributed by atoms with Crippen molar-refractivity contribution < 1.29 is 13.2 Å². The first-order valence-corrected chi connectivity index (χ1v) is 12.0. The Morgan fingerprint density at radius 3 is 2.24 bits per heavy atom. The van der Waals surface area contributed by atoms with Crippen LogP contribution in [0.25, 0.3) is 6.08 Å². The summed E-state index contributed by atoms with van der Waals surface area (Å²) < 4.78 is 26.7. The molecular formula is C22H26N2O3S2. The van der Waals surface area contributed by atoms with Gasteiger partial charge in [-0.3, -0.25) is 4.79 Å². The quantitative estimate of drug-likeness (QED) is 0.651. The molecule has 1 fully saturated rings. The predicted molar refractivity (Wildman–Crippen MR) is 119 cm³/mol. The lowest BCUT2D eigenvalue weighted by atomic mass is 10.2. The van der Waals surface area contributed by atoms with Gasteiger partial charge in [-0.05, 0) is 23.8 Å². The van der Waals surface area contributed by atoms with Crippen LogP contribution in [0.5, 0.6) is 0 Å². The highest BCUT2D eigenvalue weighted by molar-refractivity contribution is 8.00. The Hall–Kier alpha value is -2.09. The van der Waals surface area contributed by atoms with E-state index in [-0.39, 0.29) is 5.91 Å². The van der Waals surface area contributed by atoms with Crippen LogP contribution < -0.4 is 0 Å². The van der Waals surface area contributed by atoms with Gasteiger partial charge in [0, 0.05) is 41.7 Å². The third kappa shape index (κ3) is 5.72. The molecule has 3 rings (SSSR count). The first-order valence-electron chi connectivity index (χ1n) is 9.65. The molecule has 1 amide bonds. The summed E-state index contributed by atoms with van der Waals surface area (Å²) in [4.78, 5) is 15.7. The lowest BCUT2D eigenvalue weighted by Gasteiger charge is -2.33. The van der Waals surface area contributed by atoms with Crippen LogP contribution in [0.3, 0.4) is 0 Å². The van der Waals surface area contributed by atoms with Crippen LogP contribution in [0, 0.1) is 0 Å². The number of benzene rings is 2. The Morgan fingerprint density at radius 1 is 0.966 bits per heavy atom. The molecule has 0 unspecified atom stereocenters. The van der Waals surface area contributed by atoms with Crippen molar-refractivity contribution in [2.75, 3.05) is 26.2 Å². The molecule has 0 radical (unpaired) electrons. The highest BCUT2D eigenvalue weighted by Gasteiger charge is 2.28. The van der Waals surface area contributed by atoms with Crippen LogP contribution in [-0.4, -0.2) is 55.0 Å². The second kappa shape index (κ2) is 9.61. The average molecular weight is 431 g/mol. The Morgan fingerprint density at radius 2 is 1.59 bits per heavy atom. The second-order valence-corrected chi connectivity index (χ2v) is 10.5. The first kappa shape index (κ1) is 21.6. The Bertz CT molecular complexity index is 965. The number of rotatable bonds is 6. The van der Waals surface area contributed by atoms with Crippen molar-refractivity contribution in [2.24, 2.45) is 0 Å². The summed E-state index contributed by atoms with van der Waals surface area (Å²) in [6.45, 7) is 5.56. The van der Waals surface area contributed by atoms with E-state index in [0.717, 1.165) is 10.5 Å². The number of amides is 1. The van der Waals surface area contributed by atoms with Crippen LogP contribution >= 0.6 is 11.8 Å². The third-order valence-electron chi connectivity index (χ3n) is 4.60. The number of hydrogen-bond acceptors (Lipinski definition) is 4. The minimum atomic E-state index is -3.51. The molecule has 0 N–H and O–H groups in total.